The molecular formula is C29H37NO4. The average Bonchev–Trinajstić information content (AvgIpc) is 3.13. The lowest BCUT2D eigenvalue weighted by Crippen LogP contribution is -2.42. The molecular weight excluding hydrogens is 426 g/mol. The quantitative estimate of drug-likeness (QED) is 0.475. The fourth-order valence-electron chi connectivity index (χ4n) is 6.22. The van der Waals surface area contributed by atoms with Crippen LogP contribution in [0.25, 0.3) is 0 Å². The van der Waals surface area contributed by atoms with Gasteiger partial charge in [-0.2, -0.15) is 0 Å². The van der Waals surface area contributed by atoms with Crippen molar-refractivity contribution in [3.8, 4) is 5.75 Å². The van der Waals surface area contributed by atoms with E-state index in [0.29, 0.717) is 12.5 Å². The summed E-state index contributed by atoms with van der Waals surface area (Å²) < 4.78 is 12.2. The molecule has 2 N–H and O–H groups in total. The minimum atomic E-state index is -0.767. The smallest absolute Gasteiger partial charge is 0.311 e. The lowest BCUT2D eigenvalue weighted by molar-refractivity contribution is -0.139. The van der Waals surface area contributed by atoms with Crippen LogP contribution in [0.4, 0.5) is 0 Å². The first-order valence-corrected chi connectivity index (χ1v) is 12.7. The number of carboxylic acids is 1. The molecule has 0 bridgehead atoms. The summed E-state index contributed by atoms with van der Waals surface area (Å²) in [6, 6.07) is 13.0. The van der Waals surface area contributed by atoms with E-state index in [4.69, 9.17) is 9.47 Å². The Morgan fingerprint density at radius 2 is 1.91 bits per heavy atom. The van der Waals surface area contributed by atoms with Crippen LogP contribution in [0.1, 0.15) is 73.5 Å². The fraction of sp³-hybridized carbons (Fsp3) is 0.552. The summed E-state index contributed by atoms with van der Waals surface area (Å²) in [5, 5.41) is 13.2. The van der Waals surface area contributed by atoms with E-state index in [1.54, 1.807) is 0 Å². The fourth-order valence-corrected chi connectivity index (χ4v) is 6.22. The lowest BCUT2D eigenvalue weighted by atomic mass is 9.88. The molecule has 182 valence electrons. The first kappa shape index (κ1) is 23.4. The molecule has 34 heavy (non-hydrogen) atoms. The van der Waals surface area contributed by atoms with Gasteiger partial charge in [-0.05, 0) is 88.1 Å². The van der Waals surface area contributed by atoms with Gasteiger partial charge in [-0.1, -0.05) is 36.4 Å². The van der Waals surface area contributed by atoms with Gasteiger partial charge < -0.3 is 19.9 Å². The van der Waals surface area contributed by atoms with Gasteiger partial charge in [-0.25, -0.2) is 0 Å². The Bertz CT molecular complexity index is 1050. The molecule has 0 aromatic heterocycles. The number of carboxylic acid groups (broad SMARTS) is 1. The van der Waals surface area contributed by atoms with Gasteiger partial charge in [0.05, 0.1) is 6.10 Å². The number of aryl methyl sites for hydroxylation is 1. The molecule has 2 aliphatic carbocycles. The van der Waals surface area contributed by atoms with Crippen LogP contribution in [-0.2, 0) is 22.4 Å². The molecule has 1 heterocycles. The van der Waals surface area contributed by atoms with Crippen LogP contribution >= 0.6 is 0 Å². The first-order valence-electron chi connectivity index (χ1n) is 12.7. The van der Waals surface area contributed by atoms with E-state index in [9.17, 15) is 9.90 Å². The number of fused-ring (bicyclic) bond motifs is 4. The molecule has 5 nitrogen and oxygen atoms in total. The zero-order chi connectivity index (χ0) is 24.0. The van der Waals surface area contributed by atoms with E-state index in [0.717, 1.165) is 35.4 Å². The highest BCUT2D eigenvalue weighted by atomic mass is 16.5. The molecule has 5 heteroatoms. The van der Waals surface area contributed by atoms with Gasteiger partial charge in [-0.3, -0.25) is 4.79 Å². The standard InChI is InChI=1S/C29H37NO4/c1-17-10-11-22(23-24-25(28(31)32)27(24)34-26(17)23)18(2)33-13-7-12-30-29(3,4)16-19-14-20-8-5-6-9-21(20)15-19/h5-6,8-11,18-19,24-25,27,30H,7,12-16H2,1-4H3,(H,31,32). The summed E-state index contributed by atoms with van der Waals surface area (Å²) in [7, 11) is 0. The lowest BCUT2D eigenvalue weighted by Gasteiger charge is -2.29. The van der Waals surface area contributed by atoms with Gasteiger partial charge in [-0.15, -0.1) is 0 Å². The van der Waals surface area contributed by atoms with E-state index in [1.807, 2.05) is 6.92 Å². The van der Waals surface area contributed by atoms with Crippen LogP contribution in [0.15, 0.2) is 36.4 Å². The molecule has 2 aromatic carbocycles. The molecule has 0 amide bonds. The molecule has 0 saturated heterocycles. The molecule has 4 atom stereocenters. The summed E-state index contributed by atoms with van der Waals surface area (Å²) in [4.78, 5) is 11.5. The first-order chi connectivity index (χ1) is 16.2. The monoisotopic (exact) mass is 463 g/mol. The van der Waals surface area contributed by atoms with E-state index in [-0.39, 0.29) is 23.7 Å². The Labute approximate surface area is 202 Å². The highest BCUT2D eigenvalue weighted by Crippen LogP contribution is 2.61. The maximum atomic E-state index is 11.5. The van der Waals surface area contributed by atoms with Gasteiger partial charge in [0.2, 0.25) is 0 Å². The minimum absolute atomic E-state index is 0.0300. The maximum Gasteiger partial charge on any atom is 0.311 e. The Kier molecular flexibility index (Phi) is 6.19. The third kappa shape index (κ3) is 4.48. The maximum absolute atomic E-state index is 11.5. The zero-order valence-corrected chi connectivity index (χ0v) is 20.8. The SMILES string of the molecule is Cc1ccc(C(C)OCCCNC(C)(C)CC2Cc3ccccc3C2)c2c1OC1C(C(=O)O)C21. The Morgan fingerprint density at radius 3 is 2.59 bits per heavy atom. The van der Waals surface area contributed by atoms with Crippen LogP contribution in [0.2, 0.25) is 0 Å². The molecule has 1 saturated carbocycles. The van der Waals surface area contributed by atoms with Gasteiger partial charge in [0.15, 0.2) is 0 Å². The van der Waals surface area contributed by atoms with Crippen molar-refractivity contribution in [3.63, 3.8) is 0 Å². The Balaban J connectivity index is 1.09. The summed E-state index contributed by atoms with van der Waals surface area (Å²) >= 11 is 0. The van der Waals surface area contributed by atoms with Gasteiger partial charge in [0.1, 0.15) is 17.8 Å². The number of ether oxygens (including phenoxy) is 2. The highest BCUT2D eigenvalue weighted by molar-refractivity contribution is 5.79. The van der Waals surface area contributed by atoms with Crippen LogP contribution in [0.5, 0.6) is 5.75 Å². The van der Waals surface area contributed by atoms with Crippen molar-refractivity contribution < 1.29 is 19.4 Å². The number of nitrogens with one attached hydrogen (secondary N) is 1. The molecule has 1 aliphatic heterocycles. The third-order valence-electron chi connectivity index (χ3n) is 7.92. The number of aliphatic carboxylic acids is 1. The summed E-state index contributed by atoms with van der Waals surface area (Å²) in [5.74, 6) is 0.370. The molecule has 2 aromatic rings. The van der Waals surface area contributed by atoms with Crippen molar-refractivity contribution in [2.75, 3.05) is 13.2 Å². The number of benzene rings is 2. The minimum Gasteiger partial charge on any atom is -0.488 e. The van der Waals surface area contributed by atoms with Crippen LogP contribution in [-0.4, -0.2) is 35.9 Å². The van der Waals surface area contributed by atoms with Gasteiger partial charge >= 0.3 is 5.97 Å². The predicted octanol–water partition coefficient (Wildman–Crippen LogP) is 5.20. The summed E-state index contributed by atoms with van der Waals surface area (Å²) in [5.41, 5.74) is 6.34. The Hall–Kier alpha value is -2.37. The van der Waals surface area contributed by atoms with Crippen molar-refractivity contribution in [1.29, 1.82) is 0 Å². The molecule has 3 aliphatic rings. The van der Waals surface area contributed by atoms with Crippen LogP contribution in [0.3, 0.4) is 0 Å². The second-order valence-electron chi connectivity index (χ2n) is 11.1. The van der Waals surface area contributed by atoms with E-state index >= 15 is 0 Å². The zero-order valence-electron chi connectivity index (χ0n) is 20.8. The van der Waals surface area contributed by atoms with E-state index in [2.05, 4.69) is 62.5 Å². The normalized spacial score (nSPS) is 23.7. The van der Waals surface area contributed by atoms with Crippen molar-refractivity contribution in [1.82, 2.24) is 5.32 Å². The molecule has 0 spiro atoms. The second-order valence-corrected chi connectivity index (χ2v) is 11.1. The largest absolute Gasteiger partial charge is 0.488 e. The number of rotatable bonds is 10. The average molecular weight is 464 g/mol. The van der Waals surface area contributed by atoms with Crippen LogP contribution in [0, 0.1) is 18.8 Å². The van der Waals surface area contributed by atoms with Crippen molar-refractivity contribution >= 4 is 5.97 Å². The second kappa shape index (κ2) is 9.01. The van der Waals surface area contributed by atoms with Crippen molar-refractivity contribution in [3.05, 3.63) is 64.2 Å². The number of hydrogen-bond donors (Lipinski definition) is 2. The Morgan fingerprint density at radius 1 is 1.21 bits per heavy atom. The molecule has 0 radical (unpaired) electrons. The number of carbonyl (C=O) groups is 1. The van der Waals surface area contributed by atoms with Crippen LogP contribution < -0.4 is 10.1 Å². The van der Waals surface area contributed by atoms with Crippen molar-refractivity contribution in [2.45, 2.75) is 77.0 Å². The molecule has 1 fully saturated rings. The molecule has 5 rings (SSSR count). The highest BCUT2D eigenvalue weighted by Gasteiger charge is 2.64. The van der Waals surface area contributed by atoms with Crippen molar-refractivity contribution in [2.24, 2.45) is 11.8 Å². The predicted molar refractivity (Wildman–Crippen MR) is 132 cm³/mol. The van der Waals surface area contributed by atoms with E-state index in [1.165, 1.54) is 30.4 Å². The summed E-state index contributed by atoms with van der Waals surface area (Å²) in [6.07, 6.45) is 4.19. The third-order valence-corrected chi connectivity index (χ3v) is 7.92. The van der Waals surface area contributed by atoms with E-state index < -0.39 is 11.9 Å². The summed E-state index contributed by atoms with van der Waals surface area (Å²) in [6.45, 7) is 10.3. The van der Waals surface area contributed by atoms with Gasteiger partial charge in [0.25, 0.3) is 0 Å². The number of hydrogen-bond acceptors (Lipinski definition) is 4. The molecule has 4 unspecified atom stereocenters. The topological polar surface area (TPSA) is 67.8 Å². The van der Waals surface area contributed by atoms with Gasteiger partial charge in [0, 0.05) is 23.6 Å².